The van der Waals surface area contributed by atoms with Crippen molar-refractivity contribution < 1.29 is 9.59 Å². The Morgan fingerprint density at radius 2 is 1.54 bits per heavy atom. The molecule has 1 aliphatic carbocycles. The van der Waals surface area contributed by atoms with Gasteiger partial charge in [-0.25, -0.2) is 0 Å². The summed E-state index contributed by atoms with van der Waals surface area (Å²) in [5.41, 5.74) is 2.05. The van der Waals surface area contributed by atoms with Crippen molar-refractivity contribution in [3.8, 4) is 0 Å². The van der Waals surface area contributed by atoms with Crippen LogP contribution in [0.5, 0.6) is 0 Å². The molecular formula is C23H26N2O2S. The Balaban J connectivity index is 1.33. The highest BCUT2D eigenvalue weighted by Gasteiger charge is 2.36. The molecule has 4 nitrogen and oxygen atoms in total. The van der Waals surface area contributed by atoms with Crippen LogP contribution in [0.2, 0.25) is 0 Å². The molecule has 0 bridgehead atoms. The lowest BCUT2D eigenvalue weighted by Gasteiger charge is -2.31. The lowest BCUT2D eigenvalue weighted by atomic mass is 9.82. The van der Waals surface area contributed by atoms with Gasteiger partial charge in [0.2, 0.25) is 5.91 Å². The Morgan fingerprint density at radius 1 is 0.893 bits per heavy atom. The molecule has 28 heavy (non-hydrogen) atoms. The van der Waals surface area contributed by atoms with Gasteiger partial charge in [0, 0.05) is 17.4 Å². The van der Waals surface area contributed by atoms with E-state index in [1.165, 1.54) is 5.56 Å². The van der Waals surface area contributed by atoms with Gasteiger partial charge in [-0.2, -0.15) is 0 Å². The predicted octanol–water partition coefficient (Wildman–Crippen LogP) is 4.04. The van der Waals surface area contributed by atoms with Gasteiger partial charge >= 0.3 is 0 Å². The summed E-state index contributed by atoms with van der Waals surface area (Å²) in [6.07, 6.45) is 4.19. The zero-order chi connectivity index (χ0) is 19.3. The molecule has 0 spiro atoms. The third-order valence-electron chi connectivity index (χ3n) is 5.81. The first-order valence-electron chi connectivity index (χ1n) is 10.0. The zero-order valence-electron chi connectivity index (χ0n) is 15.9. The van der Waals surface area contributed by atoms with Crippen molar-refractivity contribution in [2.75, 3.05) is 11.6 Å². The number of amides is 2. The minimum Gasteiger partial charge on any atom is -0.352 e. The molecule has 2 aromatic rings. The van der Waals surface area contributed by atoms with Gasteiger partial charge in [-0.1, -0.05) is 48.5 Å². The van der Waals surface area contributed by atoms with E-state index >= 15 is 0 Å². The fourth-order valence-electron chi connectivity index (χ4n) is 4.20. The largest absolute Gasteiger partial charge is 0.352 e. The third kappa shape index (κ3) is 4.25. The van der Waals surface area contributed by atoms with Crippen molar-refractivity contribution in [1.82, 2.24) is 10.2 Å². The van der Waals surface area contributed by atoms with Crippen LogP contribution in [0.1, 0.15) is 47.5 Å². The molecule has 1 N–H and O–H groups in total. The van der Waals surface area contributed by atoms with Crippen LogP contribution in [0.25, 0.3) is 0 Å². The van der Waals surface area contributed by atoms with Crippen LogP contribution in [0.3, 0.4) is 0 Å². The Morgan fingerprint density at radius 3 is 2.21 bits per heavy atom. The lowest BCUT2D eigenvalue weighted by Crippen LogP contribution is -2.50. The summed E-state index contributed by atoms with van der Waals surface area (Å²) in [5, 5.41) is 3.22. The number of carbonyl (C=O) groups excluding carboxylic acids is 2. The summed E-state index contributed by atoms with van der Waals surface area (Å²) < 4.78 is 0. The molecule has 2 fully saturated rings. The maximum Gasteiger partial charge on any atom is 0.255 e. The molecular weight excluding hydrogens is 368 g/mol. The molecule has 0 aromatic heterocycles. The predicted molar refractivity (Wildman–Crippen MR) is 113 cm³/mol. The normalized spacial score (nSPS) is 24.7. The SMILES string of the molecule is O=C(NC1CCC(c2ccccc2)CC1)[C@@H]1CSCN1C(=O)c1ccccc1. The van der Waals surface area contributed by atoms with Crippen LogP contribution in [-0.2, 0) is 4.79 Å². The van der Waals surface area contributed by atoms with Crippen molar-refractivity contribution in [3.63, 3.8) is 0 Å². The summed E-state index contributed by atoms with van der Waals surface area (Å²) >= 11 is 1.65. The van der Waals surface area contributed by atoms with Crippen molar-refractivity contribution in [2.45, 2.75) is 43.7 Å². The van der Waals surface area contributed by atoms with Gasteiger partial charge in [-0.3, -0.25) is 9.59 Å². The van der Waals surface area contributed by atoms with Crippen LogP contribution >= 0.6 is 11.8 Å². The topological polar surface area (TPSA) is 49.4 Å². The van der Waals surface area contributed by atoms with E-state index < -0.39 is 0 Å². The van der Waals surface area contributed by atoms with Gasteiger partial charge in [0.1, 0.15) is 6.04 Å². The molecule has 1 heterocycles. The Hall–Kier alpha value is -2.27. The second-order valence-electron chi connectivity index (χ2n) is 7.62. The molecule has 1 aliphatic heterocycles. The highest BCUT2D eigenvalue weighted by molar-refractivity contribution is 7.99. The van der Waals surface area contributed by atoms with Crippen LogP contribution in [0.15, 0.2) is 60.7 Å². The molecule has 2 amide bonds. The minimum atomic E-state index is -0.371. The monoisotopic (exact) mass is 394 g/mol. The van der Waals surface area contributed by atoms with Crippen molar-refractivity contribution in [3.05, 3.63) is 71.8 Å². The minimum absolute atomic E-state index is 0.00237. The smallest absolute Gasteiger partial charge is 0.255 e. The van der Waals surface area contributed by atoms with Crippen LogP contribution < -0.4 is 5.32 Å². The van der Waals surface area contributed by atoms with E-state index in [1.807, 2.05) is 30.3 Å². The summed E-state index contributed by atoms with van der Waals surface area (Å²) in [6.45, 7) is 0. The van der Waals surface area contributed by atoms with Gasteiger partial charge < -0.3 is 10.2 Å². The Labute approximate surface area is 170 Å². The maximum absolute atomic E-state index is 12.9. The van der Waals surface area contributed by atoms with Crippen LogP contribution in [0, 0.1) is 0 Å². The Kier molecular flexibility index (Phi) is 6.01. The standard InChI is InChI=1S/C23H26N2O2S/c26-22(21-15-28-16-25(21)23(27)19-9-5-2-6-10-19)24-20-13-11-18(12-14-20)17-7-3-1-4-8-17/h1-10,18,20-21H,11-16H2,(H,24,26)/t18?,20?,21-/m0/s1. The lowest BCUT2D eigenvalue weighted by molar-refractivity contribution is -0.125. The van der Waals surface area contributed by atoms with E-state index in [1.54, 1.807) is 16.7 Å². The summed E-state index contributed by atoms with van der Waals surface area (Å²) in [6, 6.07) is 19.7. The fourth-order valence-corrected chi connectivity index (χ4v) is 5.35. The number of thioether (sulfide) groups is 1. The molecule has 1 saturated heterocycles. The number of rotatable bonds is 4. The third-order valence-corrected chi connectivity index (χ3v) is 6.82. The first-order chi connectivity index (χ1) is 13.7. The van der Waals surface area contributed by atoms with Crippen molar-refractivity contribution >= 4 is 23.6 Å². The van der Waals surface area contributed by atoms with E-state index in [2.05, 4.69) is 35.6 Å². The van der Waals surface area contributed by atoms with Crippen molar-refractivity contribution in [2.24, 2.45) is 0 Å². The first kappa shape index (κ1) is 19.1. The number of nitrogens with one attached hydrogen (secondary N) is 1. The average Bonchev–Trinajstić information content (AvgIpc) is 3.25. The first-order valence-corrected chi connectivity index (χ1v) is 11.2. The molecule has 2 aliphatic rings. The number of benzene rings is 2. The van der Waals surface area contributed by atoms with Crippen LogP contribution in [-0.4, -0.2) is 40.4 Å². The van der Waals surface area contributed by atoms with Gasteiger partial charge in [0.25, 0.3) is 5.91 Å². The van der Waals surface area contributed by atoms with E-state index in [9.17, 15) is 9.59 Å². The molecule has 1 saturated carbocycles. The van der Waals surface area contributed by atoms with E-state index in [0.717, 1.165) is 25.7 Å². The summed E-state index contributed by atoms with van der Waals surface area (Å²) in [4.78, 5) is 27.4. The second-order valence-corrected chi connectivity index (χ2v) is 8.62. The highest BCUT2D eigenvalue weighted by atomic mass is 32.2. The highest BCUT2D eigenvalue weighted by Crippen LogP contribution is 2.33. The molecule has 0 unspecified atom stereocenters. The maximum atomic E-state index is 12.9. The number of nitrogens with zero attached hydrogens (tertiary/aromatic N) is 1. The fraction of sp³-hybridized carbons (Fsp3) is 0.391. The van der Waals surface area contributed by atoms with E-state index in [0.29, 0.717) is 23.1 Å². The average molecular weight is 395 g/mol. The quantitative estimate of drug-likeness (QED) is 0.851. The second kappa shape index (κ2) is 8.82. The van der Waals surface area contributed by atoms with Gasteiger partial charge in [-0.05, 0) is 49.3 Å². The number of hydrogen-bond acceptors (Lipinski definition) is 3. The molecule has 146 valence electrons. The Bertz CT molecular complexity index is 804. The van der Waals surface area contributed by atoms with E-state index in [-0.39, 0.29) is 23.9 Å². The molecule has 5 heteroatoms. The molecule has 1 atom stereocenters. The molecule has 2 aromatic carbocycles. The number of carbonyl (C=O) groups is 2. The molecule has 4 rings (SSSR count). The van der Waals surface area contributed by atoms with Gasteiger partial charge in [-0.15, -0.1) is 11.8 Å². The van der Waals surface area contributed by atoms with Gasteiger partial charge in [0.05, 0.1) is 5.88 Å². The molecule has 0 radical (unpaired) electrons. The van der Waals surface area contributed by atoms with Crippen molar-refractivity contribution in [1.29, 1.82) is 0 Å². The number of hydrogen-bond donors (Lipinski definition) is 1. The summed E-state index contributed by atoms with van der Waals surface area (Å²) in [7, 11) is 0. The summed E-state index contributed by atoms with van der Waals surface area (Å²) in [5.74, 6) is 1.78. The zero-order valence-corrected chi connectivity index (χ0v) is 16.7. The van der Waals surface area contributed by atoms with Gasteiger partial charge in [0.15, 0.2) is 0 Å². The van der Waals surface area contributed by atoms with E-state index in [4.69, 9.17) is 0 Å². The van der Waals surface area contributed by atoms with Crippen LogP contribution in [0.4, 0.5) is 0 Å².